The third-order valence-corrected chi connectivity index (χ3v) is 8.48. The molecule has 2 aliphatic carbocycles. The van der Waals surface area contributed by atoms with Crippen LogP contribution in [0.1, 0.15) is 38.7 Å². The van der Waals surface area contributed by atoms with Crippen molar-refractivity contribution in [2.24, 2.45) is 23.2 Å². The van der Waals surface area contributed by atoms with Gasteiger partial charge in [-0.2, -0.15) is 0 Å². The van der Waals surface area contributed by atoms with E-state index in [4.69, 9.17) is 9.47 Å². The van der Waals surface area contributed by atoms with E-state index in [1.54, 1.807) is 7.11 Å². The van der Waals surface area contributed by atoms with Gasteiger partial charge in [-0.15, -0.1) is 12.4 Å². The standard InChI is InChI=1S/C26H34N2O4.ClH/c1-15-5-4-6-17-11-22-23(24(29)26(15,17)2)20(25(30)32-22)14-27-10-9-16-13-28-21-8-7-18(31-3)12-19(16)21;/h6-8,12-13,15,20,22-24,27-29H,4-5,9-11,14H2,1-3H3;1H/t15-,20?,22+,23+,24-,26+;/m0./s1. The number of esters is 1. The first kappa shape index (κ1) is 24.1. The van der Waals surface area contributed by atoms with Gasteiger partial charge in [-0.1, -0.05) is 25.5 Å². The molecule has 3 N–H and O–H groups in total. The van der Waals surface area contributed by atoms with Gasteiger partial charge in [0.25, 0.3) is 0 Å². The van der Waals surface area contributed by atoms with E-state index < -0.39 is 6.10 Å². The average molecular weight is 475 g/mol. The summed E-state index contributed by atoms with van der Waals surface area (Å²) in [6, 6.07) is 6.03. The molecule has 180 valence electrons. The largest absolute Gasteiger partial charge is 0.497 e. The zero-order chi connectivity index (χ0) is 22.5. The molecule has 6 atom stereocenters. The molecule has 7 heteroatoms. The molecule has 1 saturated carbocycles. The summed E-state index contributed by atoms with van der Waals surface area (Å²) in [6.45, 7) is 5.70. The van der Waals surface area contributed by atoms with Crippen LogP contribution in [0.3, 0.4) is 0 Å². The number of benzene rings is 1. The quantitative estimate of drug-likeness (QED) is 0.334. The molecule has 2 fully saturated rings. The highest BCUT2D eigenvalue weighted by atomic mass is 35.5. The molecule has 0 amide bonds. The summed E-state index contributed by atoms with van der Waals surface area (Å²) in [5, 5.41) is 16.1. The van der Waals surface area contributed by atoms with E-state index in [9.17, 15) is 9.90 Å². The molecule has 33 heavy (non-hydrogen) atoms. The molecule has 0 bridgehead atoms. The summed E-state index contributed by atoms with van der Waals surface area (Å²) in [5.74, 6) is 0.636. The van der Waals surface area contributed by atoms with Gasteiger partial charge in [-0.3, -0.25) is 4.79 Å². The zero-order valence-corrected chi connectivity index (χ0v) is 20.4. The van der Waals surface area contributed by atoms with Gasteiger partial charge in [-0.05, 0) is 55.5 Å². The number of nitrogens with one attached hydrogen (secondary N) is 2. The lowest BCUT2D eigenvalue weighted by molar-refractivity contribution is -0.144. The number of aliphatic hydroxyl groups excluding tert-OH is 1. The Morgan fingerprint density at radius 3 is 2.97 bits per heavy atom. The van der Waals surface area contributed by atoms with Gasteiger partial charge in [0, 0.05) is 41.4 Å². The van der Waals surface area contributed by atoms with Crippen LogP contribution in [0.25, 0.3) is 10.9 Å². The lowest BCUT2D eigenvalue weighted by atomic mass is 9.55. The molecule has 3 aliphatic rings. The number of rotatable bonds is 6. The van der Waals surface area contributed by atoms with Crippen molar-refractivity contribution >= 4 is 29.3 Å². The second-order valence-corrected chi connectivity index (χ2v) is 9.98. The third kappa shape index (κ3) is 3.96. The van der Waals surface area contributed by atoms with E-state index in [0.717, 1.165) is 48.9 Å². The van der Waals surface area contributed by atoms with Crippen molar-refractivity contribution in [2.75, 3.05) is 20.2 Å². The van der Waals surface area contributed by atoms with Crippen molar-refractivity contribution in [3.63, 3.8) is 0 Å². The Morgan fingerprint density at radius 1 is 1.36 bits per heavy atom. The van der Waals surface area contributed by atoms with Crippen molar-refractivity contribution in [2.45, 2.75) is 51.7 Å². The molecule has 2 heterocycles. The highest BCUT2D eigenvalue weighted by Crippen LogP contribution is 2.55. The number of allylic oxidation sites excluding steroid dienone is 1. The summed E-state index contributed by atoms with van der Waals surface area (Å²) in [7, 11) is 1.68. The molecular weight excluding hydrogens is 440 g/mol. The number of ether oxygens (including phenoxy) is 2. The van der Waals surface area contributed by atoms with Crippen LogP contribution < -0.4 is 10.1 Å². The van der Waals surface area contributed by atoms with Crippen LogP contribution in [0, 0.1) is 23.2 Å². The van der Waals surface area contributed by atoms with Gasteiger partial charge >= 0.3 is 5.97 Å². The van der Waals surface area contributed by atoms with E-state index in [0.29, 0.717) is 12.5 Å². The van der Waals surface area contributed by atoms with E-state index in [2.05, 4.69) is 36.3 Å². The SMILES string of the molecule is COc1ccc2[nH]cc(CCNCC3C(=O)O[C@@H]4CC5=CCC[C@H](C)[C@@]5(C)[C@@H](O)[C@H]34)c2c1.Cl. The maximum Gasteiger partial charge on any atom is 0.311 e. The van der Waals surface area contributed by atoms with E-state index >= 15 is 0 Å². The number of aromatic amines is 1. The van der Waals surface area contributed by atoms with Gasteiger partial charge < -0.3 is 24.9 Å². The van der Waals surface area contributed by atoms with Crippen molar-refractivity contribution < 1.29 is 19.4 Å². The molecule has 1 saturated heterocycles. The van der Waals surface area contributed by atoms with Gasteiger partial charge in [-0.25, -0.2) is 0 Å². The second kappa shape index (κ2) is 9.32. The molecule has 6 nitrogen and oxygen atoms in total. The number of H-pyrrole nitrogens is 1. The normalized spacial score (nSPS) is 33.0. The molecule has 1 aromatic heterocycles. The van der Waals surface area contributed by atoms with Crippen LogP contribution in [0.5, 0.6) is 5.75 Å². The zero-order valence-electron chi connectivity index (χ0n) is 19.6. The van der Waals surface area contributed by atoms with Gasteiger partial charge in [0.05, 0.1) is 19.1 Å². The van der Waals surface area contributed by atoms with Crippen LogP contribution in [0.4, 0.5) is 0 Å². The second-order valence-electron chi connectivity index (χ2n) is 9.98. The van der Waals surface area contributed by atoms with Crippen molar-refractivity contribution in [3.8, 4) is 5.75 Å². The number of fused-ring (bicyclic) bond motifs is 3. The Labute approximate surface area is 201 Å². The van der Waals surface area contributed by atoms with Crippen molar-refractivity contribution in [3.05, 3.63) is 41.6 Å². The van der Waals surface area contributed by atoms with Crippen LogP contribution in [-0.4, -0.2) is 48.5 Å². The number of aromatic nitrogens is 1. The number of methoxy groups -OCH3 is 1. The Morgan fingerprint density at radius 2 is 2.18 bits per heavy atom. The molecule has 1 aromatic carbocycles. The number of hydrogen-bond donors (Lipinski definition) is 3. The summed E-state index contributed by atoms with van der Waals surface area (Å²) in [4.78, 5) is 16.0. The average Bonchev–Trinajstić information content (AvgIpc) is 3.33. The van der Waals surface area contributed by atoms with Crippen LogP contribution in [0.2, 0.25) is 0 Å². The summed E-state index contributed by atoms with van der Waals surface area (Å²) in [5.41, 5.74) is 3.33. The summed E-state index contributed by atoms with van der Waals surface area (Å²) >= 11 is 0. The first-order chi connectivity index (χ1) is 15.4. The summed E-state index contributed by atoms with van der Waals surface area (Å²) < 4.78 is 11.1. The topological polar surface area (TPSA) is 83.6 Å². The maximum absolute atomic E-state index is 12.7. The molecule has 2 aromatic rings. The monoisotopic (exact) mass is 474 g/mol. The smallest absolute Gasteiger partial charge is 0.311 e. The van der Waals surface area contributed by atoms with Crippen LogP contribution in [0.15, 0.2) is 36.0 Å². The summed E-state index contributed by atoms with van der Waals surface area (Å²) in [6.07, 6.45) is 7.30. The minimum atomic E-state index is -0.554. The van der Waals surface area contributed by atoms with E-state index in [1.807, 2.05) is 18.3 Å². The van der Waals surface area contributed by atoms with E-state index in [-0.39, 0.29) is 41.7 Å². The fraction of sp³-hybridized carbons (Fsp3) is 0.577. The van der Waals surface area contributed by atoms with Gasteiger partial charge in [0.15, 0.2) is 0 Å². The molecule has 0 spiro atoms. The molecule has 5 rings (SSSR count). The number of hydrogen-bond acceptors (Lipinski definition) is 5. The van der Waals surface area contributed by atoms with Crippen molar-refractivity contribution in [1.82, 2.24) is 10.3 Å². The number of halogens is 1. The molecule has 1 aliphatic heterocycles. The third-order valence-electron chi connectivity index (χ3n) is 8.48. The number of carbonyl (C=O) groups is 1. The predicted octanol–water partition coefficient (Wildman–Crippen LogP) is 4.02. The Bertz CT molecular complexity index is 1050. The first-order valence-corrected chi connectivity index (χ1v) is 11.9. The first-order valence-electron chi connectivity index (χ1n) is 11.9. The highest BCUT2D eigenvalue weighted by Gasteiger charge is 2.59. The maximum atomic E-state index is 12.7. The molecule has 0 radical (unpaired) electrons. The van der Waals surface area contributed by atoms with E-state index in [1.165, 1.54) is 11.1 Å². The Hall–Kier alpha value is -2.02. The van der Waals surface area contributed by atoms with Gasteiger partial charge in [0.1, 0.15) is 11.9 Å². The minimum Gasteiger partial charge on any atom is -0.497 e. The van der Waals surface area contributed by atoms with Crippen LogP contribution in [-0.2, 0) is 16.0 Å². The van der Waals surface area contributed by atoms with Crippen LogP contribution >= 0.6 is 12.4 Å². The lowest BCUT2D eigenvalue weighted by Crippen LogP contribution is -2.54. The fourth-order valence-electron chi connectivity index (χ4n) is 6.27. The highest BCUT2D eigenvalue weighted by molar-refractivity contribution is 5.85. The molecule has 1 unspecified atom stereocenters. The predicted molar refractivity (Wildman–Crippen MR) is 131 cm³/mol. The Balaban J connectivity index is 0.00000259. The lowest BCUT2D eigenvalue weighted by Gasteiger charge is -2.51. The minimum absolute atomic E-state index is 0. The molecular formula is C26H35ClN2O4. The number of aliphatic hydroxyl groups is 1. The number of carbonyl (C=O) groups excluding carboxylic acids is 1. The Kier molecular flexibility index (Phi) is 6.81. The fourth-order valence-corrected chi connectivity index (χ4v) is 6.27. The van der Waals surface area contributed by atoms with Gasteiger partial charge in [0.2, 0.25) is 0 Å². The van der Waals surface area contributed by atoms with Crippen molar-refractivity contribution in [1.29, 1.82) is 0 Å².